The van der Waals surface area contributed by atoms with Crippen molar-refractivity contribution in [3.8, 4) is 0 Å². The van der Waals surface area contributed by atoms with Crippen LogP contribution in [0.4, 0.5) is 5.82 Å². The molecule has 1 unspecified atom stereocenters. The molecule has 5 heterocycles. The van der Waals surface area contributed by atoms with Crippen molar-refractivity contribution in [1.29, 1.82) is 0 Å². The third kappa shape index (κ3) is 5.65. The number of benzene rings is 2. The Bertz CT molecular complexity index is 1880. The van der Waals surface area contributed by atoms with Crippen molar-refractivity contribution in [2.24, 2.45) is 0 Å². The van der Waals surface area contributed by atoms with E-state index in [0.717, 1.165) is 22.9 Å². The summed E-state index contributed by atoms with van der Waals surface area (Å²) in [5, 5.41) is 9.91. The van der Waals surface area contributed by atoms with Crippen LogP contribution in [0.15, 0.2) is 105 Å². The number of rotatable bonds is 9. The molecule has 2 aromatic carbocycles. The minimum absolute atomic E-state index is 0.00925. The van der Waals surface area contributed by atoms with Crippen molar-refractivity contribution in [3.05, 3.63) is 113 Å². The van der Waals surface area contributed by atoms with Gasteiger partial charge in [0.2, 0.25) is 5.91 Å². The Morgan fingerprint density at radius 3 is 2.51 bits per heavy atom. The molecule has 0 spiro atoms. The molecular formula is C31H25N7O5S2. The number of nitrogens with two attached hydrogens (primary N) is 1. The quantitative estimate of drug-likeness (QED) is 0.122. The molecule has 2 aliphatic heterocycles. The van der Waals surface area contributed by atoms with Crippen LogP contribution in [-0.2, 0) is 25.5 Å². The Labute approximate surface area is 264 Å². The highest BCUT2D eigenvalue weighted by atomic mass is 32.2. The van der Waals surface area contributed by atoms with Crippen molar-refractivity contribution in [2.45, 2.75) is 29.1 Å². The Morgan fingerprint density at radius 2 is 1.82 bits per heavy atom. The van der Waals surface area contributed by atoms with Crippen LogP contribution < -0.4 is 11.1 Å². The van der Waals surface area contributed by atoms with E-state index in [-0.39, 0.29) is 29.0 Å². The van der Waals surface area contributed by atoms with Crippen LogP contribution in [0.2, 0.25) is 0 Å². The lowest BCUT2D eigenvalue weighted by atomic mass is 10.0. The number of amides is 2. The van der Waals surface area contributed by atoms with Crippen LogP contribution in [0.25, 0.3) is 11.0 Å². The third-order valence-corrected chi connectivity index (χ3v) is 9.73. The molecule has 45 heavy (non-hydrogen) atoms. The Morgan fingerprint density at radius 1 is 1.09 bits per heavy atom. The van der Waals surface area contributed by atoms with Crippen LogP contribution in [0.1, 0.15) is 23.0 Å². The molecule has 0 radical (unpaired) electrons. The molecule has 7 rings (SSSR count). The fourth-order valence-corrected chi connectivity index (χ4v) is 7.61. The molecule has 5 aromatic rings. The normalized spacial score (nSPS) is 17.7. The molecule has 226 valence electrons. The lowest BCUT2D eigenvalue weighted by Crippen LogP contribution is -2.70. The van der Waals surface area contributed by atoms with Gasteiger partial charge in [0.15, 0.2) is 16.9 Å². The summed E-state index contributed by atoms with van der Waals surface area (Å²) in [5.74, 6) is -0.427. The first-order valence-corrected chi connectivity index (χ1v) is 15.8. The zero-order chi connectivity index (χ0) is 30.9. The van der Waals surface area contributed by atoms with Gasteiger partial charge in [0.25, 0.3) is 5.91 Å². The second kappa shape index (κ2) is 12.1. The van der Waals surface area contributed by atoms with Crippen molar-refractivity contribution >= 4 is 58.2 Å². The summed E-state index contributed by atoms with van der Waals surface area (Å²) in [5.41, 5.74) is 8.21. The lowest BCUT2D eigenvalue weighted by molar-refractivity contribution is -0.154. The molecule has 2 aliphatic rings. The van der Waals surface area contributed by atoms with Gasteiger partial charge in [-0.3, -0.25) is 19.6 Å². The summed E-state index contributed by atoms with van der Waals surface area (Å²) in [6.45, 7) is 0. The van der Waals surface area contributed by atoms with Crippen LogP contribution in [-0.4, -0.2) is 60.0 Å². The summed E-state index contributed by atoms with van der Waals surface area (Å²) >= 11 is 2.54. The average Bonchev–Trinajstić information content (AvgIpc) is 3.76. The van der Waals surface area contributed by atoms with Crippen LogP contribution >= 0.6 is 23.5 Å². The van der Waals surface area contributed by atoms with Crippen LogP contribution in [0.5, 0.6) is 0 Å². The first-order valence-electron chi connectivity index (χ1n) is 13.9. The van der Waals surface area contributed by atoms with E-state index >= 15 is 0 Å². The monoisotopic (exact) mass is 639 g/mol. The summed E-state index contributed by atoms with van der Waals surface area (Å²) in [4.78, 5) is 51.4. The SMILES string of the molecule is Nc1nc(SC2=C(C(=O)OC(c3ccccc3)c3ccccc3)N3C(=O)C(NC(=O)Cc4ccco4)[C@H]3SC2)nc2[nH]ncc12. The number of furan rings is 1. The van der Waals surface area contributed by atoms with E-state index < -0.39 is 29.4 Å². The number of nitrogens with one attached hydrogen (secondary N) is 2. The lowest BCUT2D eigenvalue weighted by Gasteiger charge is -2.49. The number of hydrogen-bond donors (Lipinski definition) is 3. The molecule has 0 saturated carbocycles. The first-order chi connectivity index (χ1) is 22.0. The van der Waals surface area contributed by atoms with E-state index in [0.29, 0.717) is 27.5 Å². The number of aromatic amines is 1. The van der Waals surface area contributed by atoms with Gasteiger partial charge in [0, 0.05) is 10.7 Å². The van der Waals surface area contributed by atoms with Gasteiger partial charge >= 0.3 is 5.97 Å². The minimum Gasteiger partial charge on any atom is -0.469 e. The number of carbonyl (C=O) groups is 3. The molecule has 4 N–H and O–H groups in total. The molecule has 2 amide bonds. The fraction of sp³-hybridized carbons (Fsp3) is 0.161. The summed E-state index contributed by atoms with van der Waals surface area (Å²) < 4.78 is 11.5. The van der Waals surface area contributed by atoms with E-state index in [1.807, 2.05) is 60.7 Å². The van der Waals surface area contributed by atoms with Gasteiger partial charge in [0.05, 0.1) is 24.3 Å². The predicted molar refractivity (Wildman–Crippen MR) is 167 cm³/mol. The predicted octanol–water partition coefficient (Wildman–Crippen LogP) is 3.81. The number of H-pyrrole nitrogens is 1. The highest BCUT2D eigenvalue weighted by Gasteiger charge is 2.55. The Balaban J connectivity index is 1.21. The number of hydrogen-bond acceptors (Lipinski definition) is 11. The Hall–Kier alpha value is -5.08. The van der Waals surface area contributed by atoms with Crippen LogP contribution in [0.3, 0.4) is 0 Å². The maximum absolute atomic E-state index is 14.2. The number of nitrogen functional groups attached to an aromatic ring is 1. The number of esters is 1. The first kappa shape index (κ1) is 28.7. The number of anilines is 1. The summed E-state index contributed by atoms with van der Waals surface area (Å²) in [6, 6.07) is 21.3. The van der Waals surface area contributed by atoms with Gasteiger partial charge in [-0.25, -0.2) is 14.8 Å². The van der Waals surface area contributed by atoms with Gasteiger partial charge < -0.3 is 20.2 Å². The number of carbonyl (C=O) groups excluding carboxylic acids is 3. The van der Waals surface area contributed by atoms with Crippen molar-refractivity contribution in [3.63, 3.8) is 0 Å². The molecule has 14 heteroatoms. The van der Waals surface area contributed by atoms with Gasteiger partial charge in [-0.05, 0) is 23.3 Å². The number of ether oxygens (including phenoxy) is 1. The molecule has 12 nitrogen and oxygen atoms in total. The number of aromatic nitrogens is 4. The van der Waals surface area contributed by atoms with Gasteiger partial charge in [-0.2, -0.15) is 5.10 Å². The fourth-order valence-electron chi connectivity index (χ4n) is 5.19. The van der Waals surface area contributed by atoms with E-state index in [4.69, 9.17) is 14.9 Å². The zero-order valence-corrected chi connectivity index (χ0v) is 25.1. The largest absolute Gasteiger partial charge is 0.469 e. The van der Waals surface area contributed by atoms with Crippen molar-refractivity contribution in [1.82, 2.24) is 30.4 Å². The maximum atomic E-state index is 14.2. The molecule has 3 aromatic heterocycles. The average molecular weight is 640 g/mol. The van der Waals surface area contributed by atoms with Crippen LogP contribution in [0, 0.1) is 0 Å². The van der Waals surface area contributed by atoms with E-state index in [9.17, 15) is 14.4 Å². The molecular weight excluding hydrogens is 615 g/mol. The number of thioether (sulfide) groups is 2. The van der Waals surface area contributed by atoms with Gasteiger partial charge in [-0.15, -0.1) is 11.8 Å². The molecule has 0 bridgehead atoms. The van der Waals surface area contributed by atoms with E-state index in [1.54, 1.807) is 12.1 Å². The molecule has 1 saturated heterocycles. The molecule has 2 atom stereocenters. The number of fused-ring (bicyclic) bond motifs is 2. The maximum Gasteiger partial charge on any atom is 0.356 e. The van der Waals surface area contributed by atoms with E-state index in [1.165, 1.54) is 29.1 Å². The number of nitrogens with zero attached hydrogens (tertiary/aromatic N) is 4. The second-order valence-electron chi connectivity index (χ2n) is 10.2. The minimum atomic E-state index is -0.820. The third-order valence-electron chi connectivity index (χ3n) is 7.32. The zero-order valence-electron chi connectivity index (χ0n) is 23.5. The second-order valence-corrected chi connectivity index (χ2v) is 12.4. The highest BCUT2D eigenvalue weighted by Crippen LogP contribution is 2.46. The van der Waals surface area contributed by atoms with Crippen molar-refractivity contribution in [2.75, 3.05) is 11.5 Å². The summed E-state index contributed by atoms with van der Waals surface area (Å²) in [6.07, 6.45) is 2.27. The highest BCUT2D eigenvalue weighted by molar-refractivity contribution is 8.06. The van der Waals surface area contributed by atoms with Crippen molar-refractivity contribution < 1.29 is 23.5 Å². The molecule has 1 fully saturated rings. The van der Waals surface area contributed by atoms with E-state index in [2.05, 4.69) is 25.5 Å². The summed E-state index contributed by atoms with van der Waals surface area (Å²) in [7, 11) is 0. The smallest absolute Gasteiger partial charge is 0.356 e. The standard InChI is InChI=1S/C31H25N7O5S2/c32-26-20-15-33-37-27(20)36-31(35-26)45-21-16-44-29-23(34-22(39)14-19-12-7-13-42-19)28(40)38(29)24(21)30(41)43-25(17-8-3-1-4-9-17)18-10-5-2-6-11-18/h1-13,15,23,25,29H,14,16H2,(H,34,39)(H3,32,33,35,36,37)/t23?,29-/m1/s1. The van der Waals surface area contributed by atoms with Gasteiger partial charge in [-0.1, -0.05) is 72.4 Å². The topological polar surface area (TPSA) is 169 Å². The Kier molecular flexibility index (Phi) is 7.73. The number of β-lactam (4-membered cyclic amide) rings is 1. The molecule has 0 aliphatic carbocycles. The van der Waals surface area contributed by atoms with Gasteiger partial charge in [0.1, 0.15) is 28.7 Å².